The highest BCUT2D eigenvalue weighted by Crippen LogP contribution is 2.30. The third-order valence-electron chi connectivity index (χ3n) is 3.61. The Morgan fingerprint density at radius 2 is 1.86 bits per heavy atom. The van der Waals surface area contributed by atoms with Crippen molar-refractivity contribution in [2.75, 3.05) is 11.9 Å². The van der Waals surface area contributed by atoms with Gasteiger partial charge >= 0.3 is 0 Å². The highest BCUT2D eigenvalue weighted by molar-refractivity contribution is 5.95. The Balaban J connectivity index is 2.30. The Morgan fingerprint density at radius 1 is 1.10 bits per heavy atom. The lowest BCUT2D eigenvalue weighted by Crippen LogP contribution is -2.00. The van der Waals surface area contributed by atoms with Gasteiger partial charge in [-0.25, -0.2) is 9.37 Å². The second-order valence-corrected chi connectivity index (χ2v) is 5.02. The van der Waals surface area contributed by atoms with Crippen molar-refractivity contribution in [3.8, 4) is 11.3 Å². The van der Waals surface area contributed by atoms with E-state index in [0.29, 0.717) is 11.1 Å². The molecule has 106 valence electrons. The molecule has 2 aromatic carbocycles. The number of aryl methyl sites for hydroxylation is 1. The van der Waals surface area contributed by atoms with Gasteiger partial charge in [-0.15, -0.1) is 0 Å². The van der Waals surface area contributed by atoms with Crippen LogP contribution in [-0.4, -0.2) is 11.5 Å². The average molecular weight is 280 g/mol. The fraction of sp³-hybridized carbons (Fsp3) is 0.167. The maximum atomic E-state index is 13.8. The van der Waals surface area contributed by atoms with Gasteiger partial charge in [0.25, 0.3) is 0 Å². The minimum absolute atomic E-state index is 0.220. The molecular weight excluding hydrogens is 263 g/mol. The molecule has 0 fully saturated rings. The number of halogens is 1. The van der Waals surface area contributed by atoms with Gasteiger partial charge in [0.05, 0.1) is 11.2 Å². The van der Waals surface area contributed by atoms with Crippen LogP contribution >= 0.6 is 0 Å². The molecule has 0 atom stereocenters. The van der Waals surface area contributed by atoms with Gasteiger partial charge in [-0.3, -0.25) is 0 Å². The number of rotatable bonds is 3. The van der Waals surface area contributed by atoms with Crippen molar-refractivity contribution in [3.05, 3.63) is 59.9 Å². The zero-order valence-corrected chi connectivity index (χ0v) is 12.2. The molecule has 2 nitrogen and oxygen atoms in total. The number of benzene rings is 2. The number of anilines is 1. The van der Waals surface area contributed by atoms with E-state index in [-0.39, 0.29) is 5.82 Å². The van der Waals surface area contributed by atoms with Gasteiger partial charge in [0.2, 0.25) is 0 Å². The van der Waals surface area contributed by atoms with Crippen molar-refractivity contribution in [3.63, 3.8) is 0 Å². The van der Waals surface area contributed by atoms with Crippen LogP contribution in [0.15, 0.2) is 48.5 Å². The molecule has 1 aromatic heterocycles. The fourth-order valence-electron chi connectivity index (χ4n) is 2.50. The quantitative estimate of drug-likeness (QED) is 0.746. The van der Waals surface area contributed by atoms with E-state index >= 15 is 0 Å². The van der Waals surface area contributed by atoms with Gasteiger partial charge in [-0.2, -0.15) is 0 Å². The Kier molecular flexibility index (Phi) is 3.57. The smallest absolute Gasteiger partial charge is 0.128 e. The first kappa shape index (κ1) is 13.6. The van der Waals surface area contributed by atoms with E-state index in [1.807, 2.05) is 43.3 Å². The normalized spacial score (nSPS) is 10.8. The highest BCUT2D eigenvalue weighted by atomic mass is 19.1. The number of nitrogens with one attached hydrogen (secondary N) is 1. The van der Waals surface area contributed by atoms with Crippen LogP contribution in [0.4, 0.5) is 10.1 Å². The SMILES string of the molecule is CCNc1cc(-c2ccccc2)nc2c(C)c(F)ccc12. The van der Waals surface area contributed by atoms with Gasteiger partial charge in [0, 0.05) is 28.7 Å². The molecule has 1 N–H and O–H groups in total. The van der Waals surface area contributed by atoms with Crippen molar-refractivity contribution in [2.24, 2.45) is 0 Å². The predicted molar refractivity (Wildman–Crippen MR) is 86.0 cm³/mol. The maximum absolute atomic E-state index is 13.8. The lowest BCUT2D eigenvalue weighted by Gasteiger charge is -2.12. The van der Waals surface area contributed by atoms with E-state index in [0.717, 1.165) is 28.9 Å². The van der Waals surface area contributed by atoms with Crippen LogP contribution in [-0.2, 0) is 0 Å². The van der Waals surface area contributed by atoms with Crippen molar-refractivity contribution >= 4 is 16.6 Å². The molecule has 0 unspecified atom stereocenters. The molecule has 3 rings (SSSR count). The minimum atomic E-state index is -0.220. The first-order valence-corrected chi connectivity index (χ1v) is 7.10. The van der Waals surface area contributed by atoms with E-state index in [1.165, 1.54) is 6.07 Å². The zero-order valence-electron chi connectivity index (χ0n) is 12.2. The predicted octanol–water partition coefficient (Wildman–Crippen LogP) is 4.78. The Morgan fingerprint density at radius 3 is 2.57 bits per heavy atom. The van der Waals surface area contributed by atoms with Crippen LogP contribution < -0.4 is 5.32 Å². The van der Waals surface area contributed by atoms with Gasteiger partial charge in [-0.1, -0.05) is 30.3 Å². The summed E-state index contributed by atoms with van der Waals surface area (Å²) in [5.41, 5.74) is 4.18. The Bertz CT molecular complexity index is 782. The first-order chi connectivity index (χ1) is 10.2. The molecule has 0 bridgehead atoms. The van der Waals surface area contributed by atoms with E-state index in [9.17, 15) is 4.39 Å². The van der Waals surface area contributed by atoms with E-state index in [1.54, 1.807) is 13.0 Å². The lowest BCUT2D eigenvalue weighted by molar-refractivity contribution is 0.620. The Hall–Kier alpha value is -2.42. The monoisotopic (exact) mass is 280 g/mol. The first-order valence-electron chi connectivity index (χ1n) is 7.10. The largest absolute Gasteiger partial charge is 0.385 e. The standard InChI is InChI=1S/C18H17FN2/c1-3-20-17-11-16(13-7-5-4-6-8-13)21-18-12(2)15(19)10-9-14(17)18/h4-11H,3H2,1-2H3,(H,20,21). The van der Waals surface area contributed by atoms with Crippen LogP contribution in [0, 0.1) is 12.7 Å². The van der Waals surface area contributed by atoms with E-state index < -0.39 is 0 Å². The second-order valence-electron chi connectivity index (χ2n) is 5.02. The molecule has 1 heterocycles. The minimum Gasteiger partial charge on any atom is -0.385 e. The van der Waals surface area contributed by atoms with Crippen LogP contribution in [0.1, 0.15) is 12.5 Å². The van der Waals surface area contributed by atoms with Gasteiger partial charge < -0.3 is 5.32 Å². The third-order valence-corrected chi connectivity index (χ3v) is 3.61. The molecule has 0 saturated heterocycles. The van der Waals surface area contributed by atoms with Crippen molar-refractivity contribution < 1.29 is 4.39 Å². The summed E-state index contributed by atoms with van der Waals surface area (Å²) in [6.07, 6.45) is 0. The fourth-order valence-corrected chi connectivity index (χ4v) is 2.50. The summed E-state index contributed by atoms with van der Waals surface area (Å²) in [5.74, 6) is -0.220. The summed E-state index contributed by atoms with van der Waals surface area (Å²) in [6.45, 7) is 4.63. The molecule has 0 aliphatic carbocycles. The molecule has 0 radical (unpaired) electrons. The molecule has 3 heteroatoms. The maximum Gasteiger partial charge on any atom is 0.128 e. The summed E-state index contributed by atoms with van der Waals surface area (Å²) in [5, 5.41) is 4.30. The number of aromatic nitrogens is 1. The van der Waals surface area contributed by atoms with Crippen LogP contribution in [0.2, 0.25) is 0 Å². The molecule has 0 aliphatic rings. The second kappa shape index (κ2) is 5.52. The lowest BCUT2D eigenvalue weighted by atomic mass is 10.0. The summed E-state index contributed by atoms with van der Waals surface area (Å²) >= 11 is 0. The number of hydrogen-bond donors (Lipinski definition) is 1. The molecule has 21 heavy (non-hydrogen) atoms. The average Bonchev–Trinajstić information content (AvgIpc) is 2.52. The molecule has 0 spiro atoms. The van der Waals surface area contributed by atoms with Gasteiger partial charge in [0.1, 0.15) is 5.82 Å². The third kappa shape index (κ3) is 2.47. The molecular formula is C18H17FN2. The van der Waals surface area contributed by atoms with Crippen molar-refractivity contribution in [1.82, 2.24) is 4.98 Å². The number of pyridine rings is 1. The summed E-state index contributed by atoms with van der Waals surface area (Å²) in [6, 6.07) is 15.3. The van der Waals surface area contributed by atoms with Gasteiger partial charge in [-0.05, 0) is 32.0 Å². The molecule has 0 saturated carbocycles. The van der Waals surface area contributed by atoms with Crippen molar-refractivity contribution in [1.29, 1.82) is 0 Å². The molecule has 0 aliphatic heterocycles. The molecule has 3 aromatic rings. The van der Waals surface area contributed by atoms with E-state index in [4.69, 9.17) is 0 Å². The van der Waals surface area contributed by atoms with Crippen LogP contribution in [0.25, 0.3) is 22.2 Å². The van der Waals surface area contributed by atoms with Crippen LogP contribution in [0.3, 0.4) is 0 Å². The van der Waals surface area contributed by atoms with E-state index in [2.05, 4.69) is 10.3 Å². The Labute approximate surface area is 123 Å². The summed E-state index contributed by atoms with van der Waals surface area (Å²) in [7, 11) is 0. The summed E-state index contributed by atoms with van der Waals surface area (Å²) < 4.78 is 13.8. The van der Waals surface area contributed by atoms with Crippen molar-refractivity contribution in [2.45, 2.75) is 13.8 Å². The number of hydrogen-bond acceptors (Lipinski definition) is 2. The zero-order chi connectivity index (χ0) is 14.8. The van der Waals surface area contributed by atoms with Gasteiger partial charge in [0.15, 0.2) is 0 Å². The topological polar surface area (TPSA) is 24.9 Å². The molecule has 0 amide bonds. The summed E-state index contributed by atoms with van der Waals surface area (Å²) in [4.78, 5) is 4.67. The number of fused-ring (bicyclic) bond motifs is 1. The van der Waals surface area contributed by atoms with Crippen LogP contribution in [0.5, 0.6) is 0 Å². The highest BCUT2D eigenvalue weighted by Gasteiger charge is 2.11. The number of nitrogens with zero attached hydrogens (tertiary/aromatic N) is 1.